The molecule has 1 aliphatic carbocycles. The number of nitrogens with one attached hydrogen (secondary N) is 2. The molecular formula is C35H44N4O7S. The lowest BCUT2D eigenvalue weighted by Gasteiger charge is -2.19. The number of benzene rings is 1. The molecule has 2 aliphatic rings. The van der Waals surface area contributed by atoms with Gasteiger partial charge in [0.05, 0.1) is 24.4 Å². The standard InChI is InChI=1S/C35H44N4O7S/c1-20(2)28-19-47-33(38-28)27-15-30(25-11-12-29(44-5)22(4)31(25)37-27)46-24-14-26(36-17-24)32(41)39-35(34(42)43)16-23(35)10-8-6-7-9-13-45-21(3)18-40/h8,10-12,15,18-21,23-24,26,36H,6-7,9,13-14,16-17H2,1-5H3,(H,39,41)(H,42,43)/b10-8-/t21-,23-,24-,26+,35-/m1/s1. The van der Waals surface area contributed by atoms with E-state index in [-0.39, 0.29) is 17.9 Å². The van der Waals surface area contributed by atoms with Gasteiger partial charge in [-0.1, -0.05) is 26.0 Å². The predicted molar refractivity (Wildman–Crippen MR) is 180 cm³/mol. The second-order valence-electron chi connectivity index (χ2n) is 12.7. The molecule has 1 saturated heterocycles. The lowest BCUT2D eigenvalue weighted by Crippen LogP contribution is -2.51. The van der Waals surface area contributed by atoms with Crippen LogP contribution >= 0.6 is 11.3 Å². The molecule has 252 valence electrons. The number of carboxylic acids is 1. The van der Waals surface area contributed by atoms with Crippen molar-refractivity contribution in [1.29, 1.82) is 0 Å². The van der Waals surface area contributed by atoms with Crippen molar-refractivity contribution in [3.8, 4) is 22.2 Å². The maximum atomic E-state index is 13.3. The number of rotatable bonds is 16. The van der Waals surface area contributed by atoms with Crippen LogP contribution in [0.15, 0.2) is 35.7 Å². The Bertz CT molecular complexity index is 1640. The summed E-state index contributed by atoms with van der Waals surface area (Å²) >= 11 is 1.54. The van der Waals surface area contributed by atoms with Gasteiger partial charge >= 0.3 is 5.97 Å². The van der Waals surface area contributed by atoms with E-state index in [9.17, 15) is 19.5 Å². The number of ether oxygens (including phenoxy) is 3. The summed E-state index contributed by atoms with van der Waals surface area (Å²) in [5.74, 6) is 0.0118. The summed E-state index contributed by atoms with van der Waals surface area (Å²) in [6.45, 7) is 8.81. The molecule has 1 amide bonds. The minimum atomic E-state index is -1.30. The summed E-state index contributed by atoms with van der Waals surface area (Å²) in [7, 11) is 1.63. The summed E-state index contributed by atoms with van der Waals surface area (Å²) in [4.78, 5) is 46.0. The number of unbranched alkanes of at least 4 members (excludes halogenated alkanes) is 2. The number of methoxy groups -OCH3 is 1. The Morgan fingerprint density at radius 2 is 2.02 bits per heavy atom. The second-order valence-corrected chi connectivity index (χ2v) is 13.5. The van der Waals surface area contributed by atoms with Crippen molar-refractivity contribution >= 4 is 40.4 Å². The number of fused-ring (bicyclic) bond motifs is 1. The van der Waals surface area contributed by atoms with Gasteiger partial charge in [0.1, 0.15) is 46.2 Å². The predicted octanol–water partition coefficient (Wildman–Crippen LogP) is 5.20. The van der Waals surface area contributed by atoms with Crippen LogP contribution in [0.2, 0.25) is 0 Å². The maximum Gasteiger partial charge on any atom is 0.330 e. The first-order valence-corrected chi connectivity index (χ1v) is 17.1. The summed E-state index contributed by atoms with van der Waals surface area (Å²) in [5.41, 5.74) is 2.06. The monoisotopic (exact) mass is 664 g/mol. The molecule has 2 fully saturated rings. The number of hydrogen-bond donors (Lipinski definition) is 3. The summed E-state index contributed by atoms with van der Waals surface area (Å²) < 4.78 is 17.5. The van der Waals surface area contributed by atoms with E-state index < -0.39 is 23.7 Å². The van der Waals surface area contributed by atoms with E-state index >= 15 is 0 Å². The smallest absolute Gasteiger partial charge is 0.330 e. The van der Waals surface area contributed by atoms with E-state index in [0.717, 1.165) is 58.5 Å². The highest BCUT2D eigenvalue weighted by Gasteiger charge is 2.61. The van der Waals surface area contributed by atoms with Crippen molar-refractivity contribution in [1.82, 2.24) is 20.6 Å². The van der Waals surface area contributed by atoms with Crippen molar-refractivity contribution in [2.24, 2.45) is 5.92 Å². The zero-order chi connectivity index (χ0) is 33.7. The first-order chi connectivity index (χ1) is 22.6. The maximum absolute atomic E-state index is 13.3. The number of aromatic nitrogens is 2. The number of allylic oxidation sites excluding steroid dienone is 1. The number of pyridine rings is 1. The molecule has 11 nitrogen and oxygen atoms in total. The van der Waals surface area contributed by atoms with Crippen molar-refractivity contribution in [2.75, 3.05) is 20.3 Å². The Labute approximate surface area is 279 Å². The molecule has 1 saturated carbocycles. The first kappa shape index (κ1) is 34.5. The number of aldehydes is 1. The van der Waals surface area contributed by atoms with E-state index in [2.05, 4.69) is 29.9 Å². The number of aliphatic carboxylic acids is 1. The van der Waals surface area contributed by atoms with E-state index in [4.69, 9.17) is 24.2 Å². The third-order valence-electron chi connectivity index (χ3n) is 8.85. The van der Waals surface area contributed by atoms with Gasteiger partial charge in [-0.15, -0.1) is 11.3 Å². The van der Waals surface area contributed by atoms with Gasteiger partial charge in [0.15, 0.2) is 0 Å². The van der Waals surface area contributed by atoms with Gasteiger partial charge in [0.25, 0.3) is 0 Å². The van der Waals surface area contributed by atoms with E-state index in [1.807, 2.05) is 37.3 Å². The van der Waals surface area contributed by atoms with Crippen LogP contribution in [-0.4, -0.2) is 77.3 Å². The molecule has 5 rings (SSSR count). The number of aryl methyl sites for hydroxylation is 1. The lowest BCUT2D eigenvalue weighted by atomic mass is 10.1. The van der Waals surface area contributed by atoms with Gasteiger partial charge in [-0.3, -0.25) is 4.79 Å². The van der Waals surface area contributed by atoms with Crippen LogP contribution in [-0.2, 0) is 19.1 Å². The lowest BCUT2D eigenvalue weighted by molar-refractivity contribution is -0.143. The molecule has 47 heavy (non-hydrogen) atoms. The number of carbonyl (C=O) groups excluding carboxylic acids is 2. The zero-order valence-corrected chi connectivity index (χ0v) is 28.4. The Hall–Kier alpha value is -3.87. The van der Waals surface area contributed by atoms with Gasteiger partial charge in [0, 0.05) is 47.9 Å². The Morgan fingerprint density at radius 3 is 2.72 bits per heavy atom. The highest BCUT2D eigenvalue weighted by Crippen LogP contribution is 2.45. The fourth-order valence-corrected chi connectivity index (χ4v) is 6.79. The minimum Gasteiger partial charge on any atom is -0.496 e. The summed E-state index contributed by atoms with van der Waals surface area (Å²) in [6.07, 6.45) is 7.05. The van der Waals surface area contributed by atoms with Crippen LogP contribution in [0.4, 0.5) is 0 Å². The van der Waals surface area contributed by atoms with Gasteiger partial charge in [0.2, 0.25) is 5.91 Å². The topological polar surface area (TPSA) is 149 Å². The van der Waals surface area contributed by atoms with Crippen LogP contribution in [0.1, 0.15) is 70.1 Å². The Kier molecular flexibility index (Phi) is 10.9. The quantitative estimate of drug-likeness (QED) is 0.106. The number of amides is 1. The molecule has 0 bridgehead atoms. The SMILES string of the molecule is COc1ccc2c(O[C@H]3CN[C@H](C(=O)N[C@]4(C(=O)O)C[C@H]4/C=C\CCCCO[C@H](C)C=O)C3)cc(-c3nc(C(C)C)cs3)nc2c1C. The van der Waals surface area contributed by atoms with E-state index in [0.29, 0.717) is 43.4 Å². The van der Waals surface area contributed by atoms with Gasteiger partial charge in [-0.05, 0) is 57.6 Å². The van der Waals surface area contributed by atoms with Crippen molar-refractivity contribution in [3.63, 3.8) is 0 Å². The van der Waals surface area contributed by atoms with Crippen molar-refractivity contribution in [3.05, 3.63) is 47.0 Å². The van der Waals surface area contributed by atoms with Gasteiger partial charge in [-0.25, -0.2) is 14.8 Å². The molecule has 2 aromatic heterocycles. The average Bonchev–Trinajstić information content (AvgIpc) is 3.37. The molecule has 1 aromatic carbocycles. The van der Waals surface area contributed by atoms with Crippen molar-refractivity contribution in [2.45, 2.75) is 89.5 Å². The Morgan fingerprint density at radius 1 is 1.21 bits per heavy atom. The molecule has 3 aromatic rings. The molecule has 5 atom stereocenters. The van der Waals surface area contributed by atoms with Crippen LogP contribution in [0.25, 0.3) is 21.6 Å². The molecule has 0 radical (unpaired) electrons. The Balaban J connectivity index is 1.23. The molecule has 3 N–H and O–H groups in total. The van der Waals surface area contributed by atoms with Crippen LogP contribution in [0.5, 0.6) is 11.5 Å². The van der Waals surface area contributed by atoms with Crippen molar-refractivity contribution < 1.29 is 33.7 Å². The number of thiazole rings is 1. The van der Waals surface area contributed by atoms with Crippen LogP contribution in [0, 0.1) is 12.8 Å². The van der Waals surface area contributed by atoms with Gasteiger partial charge in [-0.2, -0.15) is 0 Å². The third-order valence-corrected chi connectivity index (χ3v) is 9.73. The average molecular weight is 665 g/mol. The highest BCUT2D eigenvalue weighted by atomic mass is 32.1. The molecular weight excluding hydrogens is 620 g/mol. The van der Waals surface area contributed by atoms with E-state index in [1.165, 1.54) is 0 Å². The normalized spacial score (nSPS) is 22.9. The first-order valence-electron chi connectivity index (χ1n) is 16.2. The largest absolute Gasteiger partial charge is 0.496 e. The minimum absolute atomic E-state index is 0.271. The molecule has 0 unspecified atom stereocenters. The molecule has 1 aliphatic heterocycles. The fourth-order valence-electron chi connectivity index (χ4n) is 5.85. The highest BCUT2D eigenvalue weighted by molar-refractivity contribution is 7.13. The molecule has 12 heteroatoms. The van der Waals surface area contributed by atoms with Crippen LogP contribution < -0.4 is 20.1 Å². The number of nitrogens with zero attached hydrogens (tertiary/aromatic N) is 2. The van der Waals surface area contributed by atoms with Crippen LogP contribution in [0.3, 0.4) is 0 Å². The second kappa shape index (κ2) is 14.9. The zero-order valence-electron chi connectivity index (χ0n) is 27.6. The number of carboxylic acid groups (broad SMARTS) is 1. The number of hydrogen-bond acceptors (Lipinski definition) is 10. The number of carbonyl (C=O) groups is 3. The molecule has 3 heterocycles. The third kappa shape index (κ3) is 7.82. The van der Waals surface area contributed by atoms with E-state index in [1.54, 1.807) is 25.4 Å². The fraction of sp³-hybridized carbons (Fsp3) is 0.514. The summed E-state index contributed by atoms with van der Waals surface area (Å²) in [5, 5.41) is 19.8. The molecule has 0 spiro atoms. The van der Waals surface area contributed by atoms with Gasteiger partial charge < -0.3 is 34.7 Å². The summed E-state index contributed by atoms with van der Waals surface area (Å²) in [6, 6.07) is 5.15.